The average molecular weight is 357 g/mol. The van der Waals surface area contributed by atoms with Crippen molar-refractivity contribution in [3.63, 3.8) is 0 Å². The van der Waals surface area contributed by atoms with Crippen LogP contribution in [0.5, 0.6) is 0 Å². The third kappa shape index (κ3) is 4.28. The Bertz CT molecular complexity index is 737. The Hall–Kier alpha value is -2.25. The van der Waals surface area contributed by atoms with Crippen LogP contribution in [0.2, 0.25) is 0 Å². The standard InChI is InChI=1S/C19H27N5O2/c1-3-26-13-16-7-5-4-6-15(16)12-21-19(25)18-14(2)24(23-22-18)17-8-10-20-11-9-17/h4-7,17,20H,3,8-13H2,1-2H3,(H,21,25). The summed E-state index contributed by atoms with van der Waals surface area (Å²) in [6, 6.07) is 8.30. The molecule has 1 amide bonds. The minimum absolute atomic E-state index is 0.186. The van der Waals surface area contributed by atoms with Crippen LogP contribution in [0.25, 0.3) is 0 Å². The van der Waals surface area contributed by atoms with Gasteiger partial charge in [-0.15, -0.1) is 5.10 Å². The molecule has 2 heterocycles. The molecule has 0 aliphatic carbocycles. The van der Waals surface area contributed by atoms with E-state index in [2.05, 4.69) is 20.9 Å². The highest BCUT2D eigenvalue weighted by atomic mass is 16.5. The lowest BCUT2D eigenvalue weighted by atomic mass is 10.1. The molecule has 0 spiro atoms. The highest BCUT2D eigenvalue weighted by Crippen LogP contribution is 2.20. The lowest BCUT2D eigenvalue weighted by molar-refractivity contribution is 0.0944. The first-order valence-electron chi connectivity index (χ1n) is 9.26. The number of aromatic nitrogens is 3. The van der Waals surface area contributed by atoms with Crippen LogP contribution in [-0.2, 0) is 17.9 Å². The molecule has 2 aromatic rings. The normalized spacial score (nSPS) is 15.2. The Labute approximate surface area is 154 Å². The van der Waals surface area contributed by atoms with Gasteiger partial charge in [0, 0.05) is 13.2 Å². The van der Waals surface area contributed by atoms with Gasteiger partial charge in [0.25, 0.3) is 5.91 Å². The summed E-state index contributed by atoms with van der Waals surface area (Å²) in [6.07, 6.45) is 2.02. The van der Waals surface area contributed by atoms with Crippen LogP contribution >= 0.6 is 0 Å². The molecular formula is C19H27N5O2. The van der Waals surface area contributed by atoms with E-state index < -0.39 is 0 Å². The summed E-state index contributed by atoms with van der Waals surface area (Å²) >= 11 is 0. The van der Waals surface area contributed by atoms with Gasteiger partial charge in [0.15, 0.2) is 5.69 Å². The van der Waals surface area contributed by atoms with Crippen LogP contribution in [0.4, 0.5) is 0 Å². The molecule has 0 unspecified atom stereocenters. The second-order valence-electron chi connectivity index (χ2n) is 6.54. The Kier molecular flexibility index (Phi) is 6.35. The number of amides is 1. The number of ether oxygens (including phenoxy) is 1. The van der Waals surface area contributed by atoms with Crippen molar-refractivity contribution in [3.05, 3.63) is 46.8 Å². The monoisotopic (exact) mass is 357 g/mol. The van der Waals surface area contributed by atoms with E-state index >= 15 is 0 Å². The maximum absolute atomic E-state index is 12.6. The molecule has 26 heavy (non-hydrogen) atoms. The third-order valence-electron chi connectivity index (χ3n) is 4.82. The number of carbonyl (C=O) groups excluding carboxylic acids is 1. The van der Waals surface area contributed by atoms with Gasteiger partial charge in [0.2, 0.25) is 0 Å². The van der Waals surface area contributed by atoms with E-state index in [0.717, 1.165) is 42.8 Å². The van der Waals surface area contributed by atoms with E-state index in [1.54, 1.807) is 0 Å². The van der Waals surface area contributed by atoms with E-state index in [0.29, 0.717) is 31.5 Å². The molecule has 2 N–H and O–H groups in total. The molecule has 1 fully saturated rings. The van der Waals surface area contributed by atoms with Gasteiger partial charge in [0.1, 0.15) is 0 Å². The minimum atomic E-state index is -0.186. The van der Waals surface area contributed by atoms with Crippen LogP contribution < -0.4 is 10.6 Å². The van der Waals surface area contributed by atoms with Gasteiger partial charge in [-0.2, -0.15) is 0 Å². The van der Waals surface area contributed by atoms with Gasteiger partial charge in [-0.3, -0.25) is 4.79 Å². The van der Waals surface area contributed by atoms with Crippen LogP contribution in [0.15, 0.2) is 24.3 Å². The number of nitrogens with zero attached hydrogens (tertiary/aromatic N) is 3. The van der Waals surface area contributed by atoms with Crippen molar-refractivity contribution in [3.8, 4) is 0 Å². The number of hydrogen-bond acceptors (Lipinski definition) is 5. The third-order valence-corrected chi connectivity index (χ3v) is 4.82. The predicted molar refractivity (Wildman–Crippen MR) is 98.8 cm³/mol. The number of nitrogens with one attached hydrogen (secondary N) is 2. The zero-order valence-corrected chi connectivity index (χ0v) is 15.5. The molecule has 7 heteroatoms. The molecule has 1 aromatic heterocycles. The Balaban J connectivity index is 1.65. The number of hydrogen-bond donors (Lipinski definition) is 2. The second kappa shape index (κ2) is 8.91. The fraction of sp³-hybridized carbons (Fsp3) is 0.526. The summed E-state index contributed by atoms with van der Waals surface area (Å²) in [7, 11) is 0. The molecule has 1 aliphatic rings. The van der Waals surface area contributed by atoms with Crippen molar-refractivity contribution in [2.45, 2.75) is 45.9 Å². The number of piperidine rings is 1. The Morgan fingerprint density at radius 1 is 1.31 bits per heavy atom. The summed E-state index contributed by atoms with van der Waals surface area (Å²) in [4.78, 5) is 12.6. The summed E-state index contributed by atoms with van der Waals surface area (Å²) < 4.78 is 7.40. The molecule has 140 valence electrons. The minimum Gasteiger partial charge on any atom is -0.377 e. The summed E-state index contributed by atoms with van der Waals surface area (Å²) in [5, 5.41) is 14.7. The largest absolute Gasteiger partial charge is 0.377 e. The lowest BCUT2D eigenvalue weighted by Gasteiger charge is -2.23. The maximum Gasteiger partial charge on any atom is 0.274 e. The first-order chi connectivity index (χ1) is 12.7. The highest BCUT2D eigenvalue weighted by molar-refractivity contribution is 5.93. The molecule has 0 atom stereocenters. The van der Waals surface area contributed by atoms with E-state index in [4.69, 9.17) is 4.74 Å². The molecule has 0 bridgehead atoms. The zero-order chi connectivity index (χ0) is 18.4. The summed E-state index contributed by atoms with van der Waals surface area (Å²) in [5.41, 5.74) is 3.38. The van der Waals surface area contributed by atoms with Gasteiger partial charge in [-0.25, -0.2) is 4.68 Å². The zero-order valence-electron chi connectivity index (χ0n) is 15.5. The topological polar surface area (TPSA) is 81.1 Å². The van der Waals surface area contributed by atoms with Crippen molar-refractivity contribution in [2.75, 3.05) is 19.7 Å². The van der Waals surface area contributed by atoms with Crippen LogP contribution in [-0.4, -0.2) is 40.6 Å². The van der Waals surface area contributed by atoms with Gasteiger partial charge in [-0.05, 0) is 50.9 Å². The van der Waals surface area contributed by atoms with Gasteiger partial charge >= 0.3 is 0 Å². The second-order valence-corrected chi connectivity index (χ2v) is 6.54. The molecular weight excluding hydrogens is 330 g/mol. The predicted octanol–water partition coefficient (Wildman–Crippen LogP) is 1.98. The Morgan fingerprint density at radius 2 is 2.04 bits per heavy atom. The molecule has 3 rings (SSSR count). The Morgan fingerprint density at radius 3 is 2.77 bits per heavy atom. The van der Waals surface area contributed by atoms with E-state index in [1.165, 1.54) is 0 Å². The highest BCUT2D eigenvalue weighted by Gasteiger charge is 2.22. The van der Waals surface area contributed by atoms with Crippen LogP contribution in [0, 0.1) is 6.92 Å². The van der Waals surface area contributed by atoms with E-state index in [9.17, 15) is 4.79 Å². The van der Waals surface area contributed by atoms with Crippen molar-refractivity contribution < 1.29 is 9.53 Å². The number of benzene rings is 1. The molecule has 7 nitrogen and oxygen atoms in total. The number of rotatable bonds is 7. The SMILES string of the molecule is CCOCc1ccccc1CNC(=O)c1nnn(C2CCNCC2)c1C. The lowest BCUT2D eigenvalue weighted by Crippen LogP contribution is -2.30. The smallest absolute Gasteiger partial charge is 0.274 e. The van der Waals surface area contributed by atoms with Gasteiger partial charge in [0.05, 0.1) is 18.3 Å². The van der Waals surface area contributed by atoms with Crippen molar-refractivity contribution >= 4 is 5.91 Å². The van der Waals surface area contributed by atoms with E-state index in [1.807, 2.05) is 42.8 Å². The molecule has 0 radical (unpaired) electrons. The van der Waals surface area contributed by atoms with E-state index in [-0.39, 0.29) is 5.91 Å². The molecule has 0 saturated carbocycles. The molecule has 1 aromatic carbocycles. The van der Waals surface area contributed by atoms with Crippen LogP contribution in [0.3, 0.4) is 0 Å². The molecule has 1 saturated heterocycles. The quantitative estimate of drug-likeness (QED) is 0.792. The van der Waals surface area contributed by atoms with Gasteiger partial charge in [-0.1, -0.05) is 29.5 Å². The van der Waals surface area contributed by atoms with Crippen molar-refractivity contribution in [1.29, 1.82) is 0 Å². The fourth-order valence-corrected chi connectivity index (χ4v) is 3.29. The van der Waals surface area contributed by atoms with Crippen molar-refractivity contribution in [2.24, 2.45) is 0 Å². The number of carbonyl (C=O) groups is 1. The molecule has 1 aliphatic heterocycles. The summed E-state index contributed by atoms with van der Waals surface area (Å²) in [6.45, 7) is 7.50. The summed E-state index contributed by atoms with van der Waals surface area (Å²) in [5.74, 6) is -0.186. The first-order valence-corrected chi connectivity index (χ1v) is 9.26. The average Bonchev–Trinajstić information content (AvgIpc) is 3.07. The van der Waals surface area contributed by atoms with Crippen LogP contribution in [0.1, 0.15) is 53.1 Å². The maximum atomic E-state index is 12.6. The fourth-order valence-electron chi connectivity index (χ4n) is 3.29. The first kappa shape index (κ1) is 18.5. The van der Waals surface area contributed by atoms with Gasteiger partial charge < -0.3 is 15.4 Å². The van der Waals surface area contributed by atoms with Crippen molar-refractivity contribution in [1.82, 2.24) is 25.6 Å².